The van der Waals surface area contributed by atoms with Crippen molar-refractivity contribution in [1.82, 2.24) is 10.2 Å². The van der Waals surface area contributed by atoms with E-state index in [4.69, 9.17) is 4.74 Å². The third-order valence-electron chi connectivity index (χ3n) is 8.92. The van der Waals surface area contributed by atoms with Crippen LogP contribution in [0.15, 0.2) is 108 Å². The van der Waals surface area contributed by atoms with E-state index < -0.39 is 28.5 Å². The summed E-state index contributed by atoms with van der Waals surface area (Å²) in [4.78, 5) is 30.6. The number of anilines is 1. The molecule has 1 fully saturated rings. The molecule has 8 nitrogen and oxygen atoms in total. The molecule has 4 aromatic rings. The van der Waals surface area contributed by atoms with E-state index in [1.807, 2.05) is 80.6 Å². The van der Waals surface area contributed by atoms with Crippen LogP contribution in [0.2, 0.25) is 0 Å². The number of nitrogens with zero attached hydrogens (tertiary/aromatic N) is 2. The number of sulfonamides is 1. The summed E-state index contributed by atoms with van der Waals surface area (Å²) in [5.74, 6) is -0.117. The van der Waals surface area contributed by atoms with Gasteiger partial charge < -0.3 is 15.0 Å². The third-order valence-corrected chi connectivity index (χ3v) is 10.7. The van der Waals surface area contributed by atoms with Crippen LogP contribution in [0.3, 0.4) is 0 Å². The van der Waals surface area contributed by atoms with Crippen molar-refractivity contribution in [3.8, 4) is 5.75 Å². The van der Waals surface area contributed by atoms with Crippen LogP contribution in [0.25, 0.3) is 0 Å². The lowest BCUT2D eigenvalue weighted by Crippen LogP contribution is -2.55. The number of aryl methyl sites for hydroxylation is 2. The van der Waals surface area contributed by atoms with Gasteiger partial charge in [-0.2, -0.15) is 0 Å². The highest BCUT2D eigenvalue weighted by Gasteiger charge is 2.35. The van der Waals surface area contributed by atoms with Crippen molar-refractivity contribution in [1.29, 1.82) is 0 Å². The summed E-state index contributed by atoms with van der Waals surface area (Å²) in [7, 11) is -2.58. The first-order valence-corrected chi connectivity index (χ1v) is 18.0. The second kappa shape index (κ2) is 16.0. The Morgan fingerprint density at radius 2 is 1.44 bits per heavy atom. The number of benzene rings is 4. The van der Waals surface area contributed by atoms with Gasteiger partial charge in [-0.3, -0.25) is 13.9 Å². The van der Waals surface area contributed by atoms with E-state index in [0.29, 0.717) is 11.4 Å². The Morgan fingerprint density at radius 3 is 2.08 bits per heavy atom. The van der Waals surface area contributed by atoms with E-state index in [0.717, 1.165) is 58.7 Å². The molecular weight excluding hydrogens is 623 g/mol. The summed E-state index contributed by atoms with van der Waals surface area (Å²) in [5, 5.41) is 3.25. The van der Waals surface area contributed by atoms with E-state index in [-0.39, 0.29) is 29.8 Å². The number of carbonyl (C=O) groups is 2. The molecule has 1 saturated carbocycles. The first-order valence-electron chi connectivity index (χ1n) is 16.6. The van der Waals surface area contributed by atoms with Crippen molar-refractivity contribution >= 4 is 27.5 Å². The molecule has 9 heteroatoms. The maximum absolute atomic E-state index is 14.7. The molecule has 48 heavy (non-hydrogen) atoms. The zero-order chi connectivity index (χ0) is 34.1. The van der Waals surface area contributed by atoms with Gasteiger partial charge in [-0.1, -0.05) is 97.1 Å². The first kappa shape index (κ1) is 34.7. The van der Waals surface area contributed by atoms with E-state index in [2.05, 4.69) is 5.32 Å². The summed E-state index contributed by atoms with van der Waals surface area (Å²) in [6, 6.07) is 29.8. The van der Waals surface area contributed by atoms with Gasteiger partial charge in [0.2, 0.25) is 11.8 Å². The summed E-state index contributed by atoms with van der Waals surface area (Å²) in [6.07, 6.45) is 5.29. The number of hydrogen-bond acceptors (Lipinski definition) is 5. The molecular formula is C39H45N3O5S. The Labute approximate surface area is 284 Å². The van der Waals surface area contributed by atoms with Gasteiger partial charge in [0, 0.05) is 19.0 Å². The Hall–Kier alpha value is -4.63. The number of amides is 2. The normalized spacial score (nSPS) is 14.1. The fraction of sp³-hybridized carbons (Fsp3) is 0.333. The first-order chi connectivity index (χ1) is 23.1. The van der Waals surface area contributed by atoms with Crippen LogP contribution in [-0.2, 0) is 32.6 Å². The molecule has 0 heterocycles. The highest BCUT2D eigenvalue weighted by Crippen LogP contribution is 2.27. The lowest BCUT2D eigenvalue weighted by atomic mass is 9.94. The van der Waals surface area contributed by atoms with Gasteiger partial charge in [0.1, 0.15) is 18.3 Å². The average molecular weight is 668 g/mol. The molecule has 1 N–H and O–H groups in total. The minimum Gasteiger partial charge on any atom is -0.497 e. The molecule has 1 aliphatic rings. The van der Waals surface area contributed by atoms with Crippen LogP contribution < -0.4 is 14.4 Å². The monoisotopic (exact) mass is 667 g/mol. The largest absolute Gasteiger partial charge is 0.497 e. The number of ether oxygens (including phenoxy) is 1. The lowest BCUT2D eigenvalue weighted by Gasteiger charge is -2.35. The van der Waals surface area contributed by atoms with Gasteiger partial charge in [0.05, 0.1) is 17.7 Å². The van der Waals surface area contributed by atoms with Crippen molar-refractivity contribution in [2.75, 3.05) is 18.0 Å². The Morgan fingerprint density at radius 1 is 0.812 bits per heavy atom. The van der Waals surface area contributed by atoms with Crippen LogP contribution in [0.4, 0.5) is 5.69 Å². The quantitative estimate of drug-likeness (QED) is 0.174. The molecule has 0 spiro atoms. The third kappa shape index (κ3) is 8.83. The number of nitrogens with one attached hydrogen (secondary N) is 1. The minimum absolute atomic E-state index is 0.0317. The Balaban J connectivity index is 1.57. The zero-order valence-corrected chi connectivity index (χ0v) is 28.8. The molecule has 0 saturated heterocycles. The highest BCUT2D eigenvalue weighted by molar-refractivity contribution is 7.92. The molecule has 0 aliphatic heterocycles. The maximum Gasteiger partial charge on any atom is 0.264 e. The van der Waals surface area contributed by atoms with Gasteiger partial charge in [-0.15, -0.1) is 0 Å². The second-order valence-electron chi connectivity index (χ2n) is 12.6. The van der Waals surface area contributed by atoms with Crippen LogP contribution in [0.5, 0.6) is 5.75 Å². The maximum atomic E-state index is 14.7. The average Bonchev–Trinajstić information content (AvgIpc) is 3.10. The van der Waals surface area contributed by atoms with Crippen molar-refractivity contribution in [2.45, 2.75) is 75.9 Å². The molecule has 2 amide bonds. The van der Waals surface area contributed by atoms with E-state index in [1.54, 1.807) is 43.5 Å². The topological polar surface area (TPSA) is 96.0 Å². The predicted octanol–water partition coefficient (Wildman–Crippen LogP) is 6.60. The Bertz CT molecular complexity index is 1770. The Kier molecular flexibility index (Phi) is 11.5. The number of carbonyl (C=O) groups excluding carboxylic acids is 2. The van der Waals surface area contributed by atoms with Crippen LogP contribution >= 0.6 is 0 Å². The molecule has 252 valence electrons. The number of hydrogen-bond donors (Lipinski definition) is 1. The van der Waals surface area contributed by atoms with E-state index in [9.17, 15) is 18.0 Å². The predicted molar refractivity (Wildman–Crippen MR) is 189 cm³/mol. The summed E-state index contributed by atoms with van der Waals surface area (Å²) < 4.78 is 35.1. The van der Waals surface area contributed by atoms with Crippen LogP contribution in [-0.4, -0.2) is 50.9 Å². The highest BCUT2D eigenvalue weighted by atomic mass is 32.2. The number of methoxy groups -OCH3 is 1. The molecule has 5 rings (SSSR count). The number of rotatable bonds is 13. The summed E-state index contributed by atoms with van der Waals surface area (Å²) in [6.45, 7) is 3.39. The van der Waals surface area contributed by atoms with Crippen molar-refractivity contribution in [3.05, 3.63) is 125 Å². The van der Waals surface area contributed by atoms with Gasteiger partial charge in [-0.25, -0.2) is 8.42 Å². The molecule has 1 atom stereocenters. The van der Waals surface area contributed by atoms with Crippen molar-refractivity contribution in [3.63, 3.8) is 0 Å². The standard InChI is InChI=1S/C39H45N3O5S/c1-29-17-21-34(22-18-29)42(48(45,46)36-23-19-30(2)20-24-36)28-38(43)41(27-32-13-10-16-35(25-32)47-3)37(26-31-11-6-4-7-12-31)39(44)40-33-14-8-5-9-15-33/h4,6-7,10-13,16-25,33,37H,5,8-9,14-15,26-28H2,1-3H3,(H,40,44). The van der Waals surface area contributed by atoms with Gasteiger partial charge in [-0.05, 0) is 74.2 Å². The molecule has 0 bridgehead atoms. The minimum atomic E-state index is -4.16. The molecule has 4 aromatic carbocycles. The van der Waals surface area contributed by atoms with E-state index in [1.165, 1.54) is 4.90 Å². The lowest BCUT2D eigenvalue weighted by molar-refractivity contribution is -0.140. The summed E-state index contributed by atoms with van der Waals surface area (Å²) in [5.41, 5.74) is 3.90. The molecule has 0 radical (unpaired) electrons. The summed E-state index contributed by atoms with van der Waals surface area (Å²) >= 11 is 0. The van der Waals surface area contributed by atoms with Crippen molar-refractivity contribution < 1.29 is 22.7 Å². The SMILES string of the molecule is COc1cccc(CN(C(=O)CN(c2ccc(C)cc2)S(=O)(=O)c2ccc(C)cc2)C(Cc2ccccc2)C(=O)NC2CCCCC2)c1. The molecule has 0 aromatic heterocycles. The smallest absolute Gasteiger partial charge is 0.264 e. The van der Waals surface area contributed by atoms with Gasteiger partial charge >= 0.3 is 0 Å². The van der Waals surface area contributed by atoms with Crippen molar-refractivity contribution in [2.24, 2.45) is 0 Å². The van der Waals surface area contributed by atoms with E-state index >= 15 is 0 Å². The fourth-order valence-electron chi connectivity index (χ4n) is 6.14. The molecule has 1 aliphatic carbocycles. The van der Waals surface area contributed by atoms with Gasteiger partial charge in [0.15, 0.2) is 0 Å². The molecule has 1 unspecified atom stereocenters. The fourth-order valence-corrected chi connectivity index (χ4v) is 7.56. The van der Waals surface area contributed by atoms with Gasteiger partial charge in [0.25, 0.3) is 10.0 Å². The zero-order valence-electron chi connectivity index (χ0n) is 28.0. The van der Waals surface area contributed by atoms with Crippen LogP contribution in [0, 0.1) is 13.8 Å². The second-order valence-corrected chi connectivity index (χ2v) is 14.4. The van der Waals surface area contributed by atoms with Crippen LogP contribution in [0.1, 0.15) is 54.4 Å².